The normalized spacial score (nSPS) is 21.8. The van der Waals surface area contributed by atoms with Crippen LogP contribution in [-0.2, 0) is 4.74 Å². The first-order valence-corrected chi connectivity index (χ1v) is 5.25. The fourth-order valence-corrected chi connectivity index (χ4v) is 1.84. The van der Waals surface area contributed by atoms with Crippen LogP contribution in [0.3, 0.4) is 0 Å². The minimum Gasteiger partial charge on any atom is -0.497 e. The first kappa shape index (κ1) is 10.1. The van der Waals surface area contributed by atoms with Crippen molar-refractivity contribution in [3.8, 4) is 0 Å². The summed E-state index contributed by atoms with van der Waals surface area (Å²) in [5.74, 6) is 1.09. The molecular weight excluding hydrogens is 220 g/mol. The molecule has 1 heterocycles. The third-order valence-corrected chi connectivity index (χ3v) is 2.77. The molecule has 1 N–H and O–H groups in total. The first-order chi connectivity index (χ1) is 5.84. The van der Waals surface area contributed by atoms with Crippen molar-refractivity contribution in [3.05, 3.63) is 10.2 Å². The summed E-state index contributed by atoms with van der Waals surface area (Å²) in [4.78, 5) is 0. The molecule has 0 atom stereocenters. The van der Waals surface area contributed by atoms with Gasteiger partial charge in [-0.3, -0.25) is 0 Å². The topological polar surface area (TPSA) is 29.5 Å². The van der Waals surface area contributed by atoms with E-state index >= 15 is 0 Å². The van der Waals surface area contributed by atoms with E-state index in [0.717, 1.165) is 36.1 Å². The van der Waals surface area contributed by atoms with Gasteiger partial charge in [-0.1, -0.05) is 15.9 Å². The molecule has 0 aliphatic carbocycles. The van der Waals surface area contributed by atoms with E-state index in [4.69, 9.17) is 9.84 Å². The Labute approximate surface area is 81.7 Å². The molecule has 0 bridgehead atoms. The Morgan fingerprint density at radius 1 is 1.50 bits per heavy atom. The predicted octanol–water partition coefficient (Wildman–Crippen LogP) is 2.57. The Balaban J connectivity index is 2.37. The minimum atomic E-state index is 0.252. The molecule has 0 aromatic rings. The lowest BCUT2D eigenvalue weighted by Gasteiger charge is -2.17. The lowest BCUT2D eigenvalue weighted by molar-refractivity contribution is 0.164. The molecule has 2 nitrogen and oxygen atoms in total. The second kappa shape index (κ2) is 5.60. The monoisotopic (exact) mass is 234 g/mol. The van der Waals surface area contributed by atoms with Crippen molar-refractivity contribution in [1.82, 2.24) is 0 Å². The summed E-state index contributed by atoms with van der Waals surface area (Å²) in [5, 5.41) is 8.63. The highest BCUT2D eigenvalue weighted by Crippen LogP contribution is 2.26. The van der Waals surface area contributed by atoms with Crippen LogP contribution in [0.15, 0.2) is 10.2 Å². The zero-order valence-corrected chi connectivity index (χ0v) is 8.77. The zero-order valence-electron chi connectivity index (χ0n) is 7.18. The van der Waals surface area contributed by atoms with Gasteiger partial charge in [-0.05, 0) is 25.7 Å². The van der Waals surface area contributed by atoms with E-state index in [9.17, 15) is 0 Å². The molecule has 1 aliphatic heterocycles. The predicted molar refractivity (Wildman–Crippen MR) is 52.1 cm³/mol. The van der Waals surface area contributed by atoms with E-state index in [-0.39, 0.29) is 6.61 Å². The zero-order chi connectivity index (χ0) is 8.81. The summed E-state index contributed by atoms with van der Waals surface area (Å²) >= 11 is 3.48. The molecule has 0 radical (unpaired) electrons. The van der Waals surface area contributed by atoms with E-state index in [2.05, 4.69) is 15.9 Å². The third kappa shape index (κ3) is 3.15. The lowest BCUT2D eigenvalue weighted by Crippen LogP contribution is -2.04. The van der Waals surface area contributed by atoms with E-state index in [0.29, 0.717) is 0 Å². The van der Waals surface area contributed by atoms with Gasteiger partial charge in [0.2, 0.25) is 0 Å². The maximum atomic E-state index is 8.63. The van der Waals surface area contributed by atoms with Crippen LogP contribution in [0.1, 0.15) is 32.1 Å². The summed E-state index contributed by atoms with van der Waals surface area (Å²) in [6.07, 6.45) is 5.15. The van der Waals surface area contributed by atoms with Crippen molar-refractivity contribution in [2.45, 2.75) is 32.1 Å². The fourth-order valence-electron chi connectivity index (χ4n) is 1.24. The minimum absolute atomic E-state index is 0.252. The summed E-state index contributed by atoms with van der Waals surface area (Å²) in [7, 11) is 0. The van der Waals surface area contributed by atoms with Crippen molar-refractivity contribution < 1.29 is 9.84 Å². The Bertz CT molecular complexity index is 158. The molecule has 1 rings (SSSR count). The van der Waals surface area contributed by atoms with Crippen LogP contribution >= 0.6 is 15.9 Å². The van der Waals surface area contributed by atoms with E-state index in [1.165, 1.54) is 12.8 Å². The smallest absolute Gasteiger partial charge is 0.106 e. The van der Waals surface area contributed by atoms with Gasteiger partial charge in [-0.2, -0.15) is 0 Å². The van der Waals surface area contributed by atoms with Crippen LogP contribution in [0.5, 0.6) is 0 Å². The highest BCUT2D eigenvalue weighted by atomic mass is 79.9. The first-order valence-electron chi connectivity index (χ1n) is 4.46. The van der Waals surface area contributed by atoms with Gasteiger partial charge in [-0.15, -0.1) is 0 Å². The number of allylic oxidation sites excluding steroid dienone is 2. The number of aliphatic hydroxyl groups is 1. The Morgan fingerprint density at radius 2 is 2.33 bits per heavy atom. The van der Waals surface area contributed by atoms with Crippen molar-refractivity contribution in [1.29, 1.82) is 0 Å². The number of hydrogen-bond donors (Lipinski definition) is 1. The second-order valence-electron chi connectivity index (χ2n) is 2.96. The van der Waals surface area contributed by atoms with Crippen molar-refractivity contribution in [2.75, 3.05) is 13.2 Å². The molecule has 0 aromatic heterocycles. The quantitative estimate of drug-likeness (QED) is 0.814. The van der Waals surface area contributed by atoms with E-state index in [1.54, 1.807) is 0 Å². The van der Waals surface area contributed by atoms with Crippen molar-refractivity contribution in [3.63, 3.8) is 0 Å². The average Bonchev–Trinajstić information content (AvgIpc) is 2.15. The molecule has 1 fully saturated rings. The molecule has 0 aromatic carbocycles. The largest absolute Gasteiger partial charge is 0.497 e. The molecule has 0 unspecified atom stereocenters. The van der Waals surface area contributed by atoms with E-state index < -0.39 is 0 Å². The second-order valence-corrected chi connectivity index (χ2v) is 3.92. The Hall–Kier alpha value is -0.0200. The van der Waals surface area contributed by atoms with Gasteiger partial charge in [0.15, 0.2) is 0 Å². The van der Waals surface area contributed by atoms with Crippen LogP contribution in [0.4, 0.5) is 0 Å². The van der Waals surface area contributed by atoms with Gasteiger partial charge in [0.1, 0.15) is 5.76 Å². The van der Waals surface area contributed by atoms with Gasteiger partial charge in [0, 0.05) is 17.5 Å². The molecule has 1 aliphatic rings. The molecule has 0 saturated carbocycles. The number of halogens is 1. The highest BCUT2D eigenvalue weighted by Gasteiger charge is 2.09. The van der Waals surface area contributed by atoms with Crippen LogP contribution < -0.4 is 0 Å². The van der Waals surface area contributed by atoms with Gasteiger partial charge in [-0.25, -0.2) is 0 Å². The molecular formula is C9H15BrO2. The number of rotatable bonds is 3. The Kier molecular flexibility index (Phi) is 4.69. The van der Waals surface area contributed by atoms with Crippen molar-refractivity contribution in [2.24, 2.45) is 0 Å². The summed E-state index contributed by atoms with van der Waals surface area (Å²) in [5.41, 5.74) is 0. The summed E-state index contributed by atoms with van der Waals surface area (Å²) in [6, 6.07) is 0. The molecule has 12 heavy (non-hydrogen) atoms. The van der Waals surface area contributed by atoms with Crippen LogP contribution in [0, 0.1) is 0 Å². The number of ether oxygens (including phenoxy) is 1. The molecule has 0 amide bonds. The lowest BCUT2D eigenvalue weighted by atomic mass is 10.1. The van der Waals surface area contributed by atoms with Crippen molar-refractivity contribution >= 4 is 15.9 Å². The number of hydrogen-bond acceptors (Lipinski definition) is 2. The SMILES string of the molecule is OCCC/C(Br)=C1/CCCCO1. The van der Waals surface area contributed by atoms with Crippen LogP contribution in [-0.4, -0.2) is 18.3 Å². The van der Waals surface area contributed by atoms with Gasteiger partial charge in [0.25, 0.3) is 0 Å². The highest BCUT2D eigenvalue weighted by molar-refractivity contribution is 9.11. The average molecular weight is 235 g/mol. The van der Waals surface area contributed by atoms with E-state index in [1.807, 2.05) is 0 Å². The maximum absolute atomic E-state index is 8.63. The third-order valence-electron chi connectivity index (χ3n) is 1.93. The number of aliphatic hydroxyl groups excluding tert-OH is 1. The Morgan fingerprint density at radius 3 is 2.92 bits per heavy atom. The molecule has 0 spiro atoms. The standard InChI is InChI=1S/C9H15BrO2/c10-8(4-3-6-11)9-5-1-2-7-12-9/h11H,1-7H2/b9-8+. The maximum Gasteiger partial charge on any atom is 0.106 e. The molecule has 3 heteroatoms. The fraction of sp³-hybridized carbons (Fsp3) is 0.778. The molecule has 70 valence electrons. The summed E-state index contributed by atoms with van der Waals surface area (Å²) in [6.45, 7) is 1.10. The molecule has 1 saturated heterocycles. The van der Waals surface area contributed by atoms with Gasteiger partial charge < -0.3 is 9.84 Å². The van der Waals surface area contributed by atoms with Crippen LogP contribution in [0.25, 0.3) is 0 Å². The van der Waals surface area contributed by atoms with Crippen LogP contribution in [0.2, 0.25) is 0 Å². The van der Waals surface area contributed by atoms with Gasteiger partial charge >= 0.3 is 0 Å². The summed E-state index contributed by atoms with van der Waals surface area (Å²) < 4.78 is 6.62. The van der Waals surface area contributed by atoms with Gasteiger partial charge in [0.05, 0.1) is 6.61 Å².